The van der Waals surface area contributed by atoms with Crippen LogP contribution in [0.5, 0.6) is 0 Å². The van der Waals surface area contributed by atoms with Crippen molar-refractivity contribution in [3.05, 3.63) is 108 Å². The summed E-state index contributed by atoms with van der Waals surface area (Å²) >= 11 is 5.63. The number of carbonyl (C=O) groups excluding carboxylic acids is 1. The number of carbonyl (C=O) groups is 1. The van der Waals surface area contributed by atoms with E-state index in [0.29, 0.717) is 5.56 Å². The van der Waals surface area contributed by atoms with E-state index < -0.39 is 11.7 Å². The minimum Gasteiger partial charge on any atom is -0.452 e. The Morgan fingerprint density at radius 2 is 1.41 bits per heavy atom. The van der Waals surface area contributed by atoms with E-state index in [4.69, 9.17) is 17.0 Å². The number of ether oxygens (including phenoxy) is 1. The zero-order valence-electron chi connectivity index (χ0n) is 18.2. The maximum atomic E-state index is 13.5. The molecule has 0 aromatic heterocycles. The van der Waals surface area contributed by atoms with Gasteiger partial charge in [-0.25, -0.2) is 0 Å². The fourth-order valence-corrected chi connectivity index (χ4v) is 4.97. The molecule has 1 fully saturated rings. The molecule has 1 aliphatic rings. The van der Waals surface area contributed by atoms with Gasteiger partial charge in [0.2, 0.25) is 5.91 Å². The Bertz CT molecular complexity index is 1030. The van der Waals surface area contributed by atoms with Crippen molar-refractivity contribution >= 4 is 23.3 Å². The molecule has 0 unspecified atom stereocenters. The Kier molecular flexibility index (Phi) is 6.40. The van der Waals surface area contributed by atoms with Crippen LogP contribution in [0.3, 0.4) is 0 Å². The van der Waals surface area contributed by atoms with Gasteiger partial charge in [0, 0.05) is 11.1 Å². The molecule has 164 valence electrons. The predicted octanol–water partition coefficient (Wildman–Crippen LogP) is 5.22. The predicted molar refractivity (Wildman–Crippen MR) is 129 cm³/mol. The van der Waals surface area contributed by atoms with Crippen molar-refractivity contribution in [2.45, 2.75) is 38.0 Å². The number of aliphatic hydroxyl groups is 1. The van der Waals surface area contributed by atoms with Crippen LogP contribution in [0.2, 0.25) is 0 Å². The van der Waals surface area contributed by atoms with Gasteiger partial charge in [-0.15, -0.1) is 0 Å². The zero-order valence-corrected chi connectivity index (χ0v) is 19.0. The van der Waals surface area contributed by atoms with Crippen LogP contribution in [0.15, 0.2) is 91.0 Å². The average Bonchev–Trinajstić information content (AvgIpc) is 3.15. The molecule has 1 saturated heterocycles. The second-order valence-electron chi connectivity index (χ2n) is 8.42. The smallest absolute Gasteiger partial charge is 0.267 e. The minimum absolute atomic E-state index is 0.0358. The summed E-state index contributed by atoms with van der Waals surface area (Å²) in [5.74, 6) is -0.215. The van der Waals surface area contributed by atoms with Gasteiger partial charge in [0.05, 0.1) is 18.6 Å². The van der Waals surface area contributed by atoms with Gasteiger partial charge in [-0.1, -0.05) is 105 Å². The molecule has 5 heteroatoms. The molecule has 3 aromatic rings. The molecule has 0 saturated carbocycles. The van der Waals surface area contributed by atoms with Gasteiger partial charge in [0.25, 0.3) is 5.17 Å². The van der Waals surface area contributed by atoms with Crippen molar-refractivity contribution in [2.24, 2.45) is 5.92 Å². The number of rotatable bonds is 6. The second kappa shape index (κ2) is 9.23. The van der Waals surface area contributed by atoms with E-state index in [1.165, 1.54) is 0 Å². The van der Waals surface area contributed by atoms with Crippen LogP contribution in [0.25, 0.3) is 0 Å². The van der Waals surface area contributed by atoms with E-state index in [0.717, 1.165) is 11.1 Å². The number of hydrogen-bond donors (Lipinski definition) is 1. The molecular weight excluding hydrogens is 418 g/mol. The molecule has 4 rings (SSSR count). The number of nitrogens with zero attached hydrogens (tertiary/aromatic N) is 1. The first-order valence-corrected chi connectivity index (χ1v) is 11.2. The lowest BCUT2D eigenvalue weighted by Crippen LogP contribution is -2.50. The highest BCUT2D eigenvalue weighted by Crippen LogP contribution is 2.47. The number of amides is 1. The van der Waals surface area contributed by atoms with E-state index in [2.05, 4.69) is 13.8 Å². The number of benzene rings is 3. The molecule has 0 bridgehead atoms. The summed E-state index contributed by atoms with van der Waals surface area (Å²) in [6.07, 6.45) is -0.987. The number of aliphatic hydroxyl groups excluding tert-OH is 1. The van der Waals surface area contributed by atoms with Crippen LogP contribution in [0, 0.1) is 5.92 Å². The molecule has 2 atom stereocenters. The largest absolute Gasteiger partial charge is 0.452 e. The molecule has 1 aliphatic heterocycles. The Balaban J connectivity index is 1.77. The van der Waals surface area contributed by atoms with E-state index in [1.807, 2.05) is 91.0 Å². The summed E-state index contributed by atoms with van der Waals surface area (Å²) in [5, 5.41) is 10.8. The summed E-state index contributed by atoms with van der Waals surface area (Å²) in [6, 6.07) is 28.7. The van der Waals surface area contributed by atoms with Crippen molar-refractivity contribution in [3.63, 3.8) is 0 Å². The number of thiocarbonyl (C=S) groups is 1. The molecule has 0 spiro atoms. The third-order valence-electron chi connectivity index (χ3n) is 6.00. The Hall–Kier alpha value is -3.02. The fraction of sp³-hybridized carbons (Fsp3) is 0.259. The molecule has 1 N–H and O–H groups in total. The van der Waals surface area contributed by atoms with E-state index >= 15 is 0 Å². The van der Waals surface area contributed by atoms with E-state index in [9.17, 15) is 9.90 Å². The SMILES string of the molecule is CC(C)[C@@H]1N(C(=O)C[C@@H](O)c2ccccc2)C(=S)OC1(c1ccccc1)c1ccccc1. The normalized spacial score (nSPS) is 18.4. The van der Waals surface area contributed by atoms with Gasteiger partial charge < -0.3 is 9.84 Å². The fourth-order valence-electron chi connectivity index (χ4n) is 4.62. The molecule has 0 radical (unpaired) electrons. The molecule has 1 heterocycles. The summed E-state index contributed by atoms with van der Waals surface area (Å²) in [5.41, 5.74) is 1.64. The quantitative estimate of drug-likeness (QED) is 0.529. The van der Waals surface area contributed by atoms with Gasteiger partial charge in [-0.3, -0.25) is 9.69 Å². The minimum atomic E-state index is -0.929. The molecule has 0 aliphatic carbocycles. The monoisotopic (exact) mass is 445 g/mol. The Labute approximate surface area is 194 Å². The van der Waals surface area contributed by atoms with Gasteiger partial charge in [-0.05, 0) is 23.7 Å². The lowest BCUT2D eigenvalue weighted by molar-refractivity contribution is -0.131. The standard InChI is InChI=1S/C27H27NO3S/c1-19(2)25-27(21-14-8-4-9-15-21,22-16-10-5-11-17-22)31-26(32)28(25)24(30)18-23(29)20-12-6-3-7-13-20/h3-17,19,23,25,29H,18H2,1-2H3/t23-,25+/m1/s1. The van der Waals surface area contributed by atoms with Crippen LogP contribution in [0.1, 0.15) is 43.1 Å². The molecule has 4 nitrogen and oxygen atoms in total. The number of hydrogen-bond acceptors (Lipinski definition) is 4. The van der Waals surface area contributed by atoms with Crippen LogP contribution in [-0.4, -0.2) is 27.1 Å². The van der Waals surface area contributed by atoms with Crippen molar-refractivity contribution in [2.75, 3.05) is 0 Å². The highest BCUT2D eigenvalue weighted by molar-refractivity contribution is 7.80. The highest BCUT2D eigenvalue weighted by Gasteiger charge is 2.57. The van der Waals surface area contributed by atoms with Crippen molar-refractivity contribution in [1.82, 2.24) is 4.90 Å². The molecule has 3 aromatic carbocycles. The first-order chi connectivity index (χ1) is 15.4. The third-order valence-corrected chi connectivity index (χ3v) is 6.28. The Morgan fingerprint density at radius 1 is 0.938 bits per heavy atom. The van der Waals surface area contributed by atoms with Gasteiger partial charge in [0.1, 0.15) is 0 Å². The van der Waals surface area contributed by atoms with E-state index in [1.54, 1.807) is 4.90 Å². The summed E-state index contributed by atoms with van der Waals surface area (Å²) < 4.78 is 6.47. The van der Waals surface area contributed by atoms with Crippen molar-refractivity contribution in [3.8, 4) is 0 Å². The summed E-state index contributed by atoms with van der Waals surface area (Å²) in [7, 11) is 0. The lowest BCUT2D eigenvalue weighted by atomic mass is 9.75. The van der Waals surface area contributed by atoms with Crippen molar-refractivity contribution in [1.29, 1.82) is 0 Å². The van der Waals surface area contributed by atoms with Crippen LogP contribution in [0.4, 0.5) is 0 Å². The topological polar surface area (TPSA) is 49.8 Å². The molecule has 32 heavy (non-hydrogen) atoms. The summed E-state index contributed by atoms with van der Waals surface area (Å²) in [6.45, 7) is 4.13. The molecular formula is C27H27NO3S. The Morgan fingerprint density at radius 3 is 1.88 bits per heavy atom. The maximum Gasteiger partial charge on any atom is 0.267 e. The second-order valence-corrected chi connectivity index (χ2v) is 8.77. The van der Waals surface area contributed by atoms with Gasteiger partial charge >= 0.3 is 0 Å². The first-order valence-electron chi connectivity index (χ1n) is 10.8. The summed E-state index contributed by atoms with van der Waals surface area (Å²) in [4.78, 5) is 15.1. The van der Waals surface area contributed by atoms with Crippen LogP contribution >= 0.6 is 12.2 Å². The van der Waals surface area contributed by atoms with Gasteiger partial charge in [-0.2, -0.15) is 0 Å². The zero-order chi connectivity index (χ0) is 22.7. The van der Waals surface area contributed by atoms with Crippen LogP contribution < -0.4 is 0 Å². The van der Waals surface area contributed by atoms with Crippen molar-refractivity contribution < 1.29 is 14.6 Å². The maximum absolute atomic E-state index is 13.5. The van der Waals surface area contributed by atoms with E-state index in [-0.39, 0.29) is 29.5 Å². The third kappa shape index (κ3) is 3.94. The average molecular weight is 446 g/mol. The molecule has 1 amide bonds. The first kappa shape index (κ1) is 22.2. The van der Waals surface area contributed by atoms with Gasteiger partial charge in [0.15, 0.2) is 5.60 Å². The van der Waals surface area contributed by atoms with Crippen LogP contribution in [-0.2, 0) is 15.1 Å². The lowest BCUT2D eigenvalue weighted by Gasteiger charge is -2.38. The highest BCUT2D eigenvalue weighted by atomic mass is 32.1.